The zero-order valence-electron chi connectivity index (χ0n) is 42.9. The third-order valence-corrected chi connectivity index (χ3v) is 14.2. The number of nitrogens with zero attached hydrogens (tertiary/aromatic N) is 2. The molecular formula is C58H83N3O9. The lowest BCUT2D eigenvalue weighted by molar-refractivity contribution is -0.256. The number of fused-ring (bicyclic) bond motifs is 3. The second-order valence-corrected chi connectivity index (χ2v) is 20.5. The number of benzene rings is 3. The first-order valence-corrected chi connectivity index (χ1v) is 26.6. The summed E-state index contributed by atoms with van der Waals surface area (Å²) in [5, 5.41) is 29.9. The normalized spacial score (nSPS) is 22.1. The molecular weight excluding hydrogens is 883 g/mol. The van der Waals surface area contributed by atoms with Crippen LogP contribution in [0.1, 0.15) is 161 Å². The van der Waals surface area contributed by atoms with Crippen molar-refractivity contribution in [2.24, 2.45) is 22.9 Å². The third kappa shape index (κ3) is 14.2. The van der Waals surface area contributed by atoms with Gasteiger partial charge in [0.15, 0.2) is 0 Å². The van der Waals surface area contributed by atoms with Crippen molar-refractivity contribution in [2.45, 2.75) is 174 Å². The predicted octanol–water partition coefficient (Wildman–Crippen LogP) is 12.9. The van der Waals surface area contributed by atoms with Crippen molar-refractivity contribution in [3.63, 3.8) is 0 Å². The predicted molar refractivity (Wildman–Crippen MR) is 278 cm³/mol. The van der Waals surface area contributed by atoms with Crippen molar-refractivity contribution in [3.8, 4) is 11.5 Å². The summed E-state index contributed by atoms with van der Waals surface area (Å²) < 4.78 is 26.9. The fourth-order valence-electron chi connectivity index (χ4n) is 10.9. The Kier molecular flexibility index (Phi) is 21.0. The minimum atomic E-state index is -1.49. The van der Waals surface area contributed by atoms with Gasteiger partial charge in [-0.05, 0) is 112 Å². The first-order valence-electron chi connectivity index (χ1n) is 26.6. The largest absolute Gasteiger partial charge is 0.459 e. The third-order valence-electron chi connectivity index (χ3n) is 14.2. The number of carbonyl (C=O) groups is 2. The smallest absolute Gasteiger partial charge is 0.412 e. The maximum Gasteiger partial charge on any atom is 0.412 e. The highest BCUT2D eigenvalue weighted by molar-refractivity contribution is 6.03. The van der Waals surface area contributed by atoms with Crippen LogP contribution in [0, 0.1) is 17.8 Å². The number of hydrogen-bond acceptors (Lipinski definition) is 10. The lowest BCUT2D eigenvalue weighted by Crippen LogP contribution is -2.70. The minimum Gasteiger partial charge on any atom is -0.459 e. The van der Waals surface area contributed by atoms with Gasteiger partial charge < -0.3 is 39.3 Å². The van der Waals surface area contributed by atoms with Crippen molar-refractivity contribution in [1.82, 2.24) is 10.2 Å². The van der Waals surface area contributed by atoms with Crippen molar-refractivity contribution < 1.29 is 43.6 Å². The fourth-order valence-corrected chi connectivity index (χ4v) is 10.9. The summed E-state index contributed by atoms with van der Waals surface area (Å²) in [5.74, 6) is -1.37. The van der Waals surface area contributed by atoms with Crippen LogP contribution in [-0.4, -0.2) is 83.4 Å². The number of aliphatic hydroxyl groups is 2. The molecule has 12 nitrogen and oxygen atoms in total. The summed E-state index contributed by atoms with van der Waals surface area (Å²) in [6, 6.07) is 19.1. The van der Waals surface area contributed by atoms with Gasteiger partial charge in [-0.3, -0.25) is 4.90 Å². The van der Waals surface area contributed by atoms with E-state index in [1.54, 1.807) is 12.1 Å². The first kappa shape index (κ1) is 54.4. The van der Waals surface area contributed by atoms with Crippen LogP contribution in [0.4, 0.5) is 9.59 Å². The highest BCUT2D eigenvalue weighted by atomic mass is 16.7. The van der Waals surface area contributed by atoms with Crippen LogP contribution in [0.2, 0.25) is 0 Å². The second kappa shape index (κ2) is 27.1. The topological polar surface area (TPSA) is 148 Å². The Bertz CT molecular complexity index is 2200. The number of unbranched alkanes of at least 4 members (excludes halogenated alkanes) is 11. The van der Waals surface area contributed by atoms with Crippen LogP contribution in [-0.2, 0) is 20.9 Å². The molecule has 0 radical (unpaired) electrons. The van der Waals surface area contributed by atoms with E-state index in [0.29, 0.717) is 36.6 Å². The monoisotopic (exact) mass is 966 g/mol. The molecule has 1 aliphatic heterocycles. The Morgan fingerprint density at radius 2 is 1.59 bits per heavy atom. The Morgan fingerprint density at radius 1 is 0.886 bits per heavy atom. The van der Waals surface area contributed by atoms with E-state index >= 15 is 4.79 Å². The van der Waals surface area contributed by atoms with E-state index < -0.39 is 35.5 Å². The van der Waals surface area contributed by atoms with Gasteiger partial charge in [0.1, 0.15) is 23.1 Å². The maximum atomic E-state index is 15.3. The highest BCUT2D eigenvalue weighted by Crippen LogP contribution is 2.62. The number of carbonyl (C=O) groups excluding carboxylic acids is 2. The van der Waals surface area contributed by atoms with Crippen molar-refractivity contribution in [2.75, 3.05) is 33.0 Å². The molecule has 0 spiro atoms. The molecule has 70 heavy (non-hydrogen) atoms. The Hall–Kier alpha value is -4.91. The average molecular weight is 966 g/mol. The number of nitrogens with one attached hydrogen (secondary N) is 1. The number of allylic oxidation sites excluding steroid dienone is 1. The average Bonchev–Trinajstić information content (AvgIpc) is 3.34. The second-order valence-electron chi connectivity index (χ2n) is 20.5. The zero-order valence-corrected chi connectivity index (χ0v) is 42.9. The molecule has 3 aliphatic rings. The molecule has 0 bridgehead atoms. The van der Waals surface area contributed by atoms with Gasteiger partial charge in [-0.15, -0.1) is 6.58 Å². The molecule has 1 heterocycles. The Labute approximate surface area is 418 Å². The summed E-state index contributed by atoms with van der Waals surface area (Å²) in [5.41, 5.74) is 2.80. The molecule has 1 saturated carbocycles. The molecule has 1 fully saturated rings. The van der Waals surface area contributed by atoms with E-state index in [0.717, 1.165) is 72.4 Å². The molecule has 0 saturated heterocycles. The zero-order chi connectivity index (χ0) is 49.9. The van der Waals surface area contributed by atoms with Crippen LogP contribution in [0.5, 0.6) is 11.5 Å². The van der Waals surface area contributed by atoms with Gasteiger partial charge in [-0.1, -0.05) is 137 Å². The van der Waals surface area contributed by atoms with E-state index in [-0.39, 0.29) is 57.1 Å². The number of aliphatic hydroxyl groups excluding tert-OH is 2. The van der Waals surface area contributed by atoms with Crippen LogP contribution in [0.25, 0.3) is 10.8 Å². The molecule has 384 valence electrons. The minimum absolute atomic E-state index is 0.00795. The lowest BCUT2D eigenvalue weighted by atomic mass is 9.55. The molecule has 6 unspecified atom stereocenters. The number of hydrogen-bond donors (Lipinski definition) is 3. The van der Waals surface area contributed by atoms with Crippen molar-refractivity contribution >= 4 is 28.7 Å². The van der Waals surface area contributed by atoms with Gasteiger partial charge in [0, 0.05) is 37.7 Å². The molecule has 3 aromatic rings. The van der Waals surface area contributed by atoms with E-state index in [9.17, 15) is 15.0 Å². The van der Waals surface area contributed by atoms with Crippen LogP contribution in [0.15, 0.2) is 90.1 Å². The van der Waals surface area contributed by atoms with Gasteiger partial charge in [0.05, 0.1) is 31.4 Å². The van der Waals surface area contributed by atoms with Crippen LogP contribution < -0.4 is 14.8 Å². The molecule has 2 aliphatic carbocycles. The van der Waals surface area contributed by atoms with Crippen molar-refractivity contribution in [3.05, 3.63) is 96.1 Å². The fraction of sp³-hybridized carbons (Fsp3) is 0.603. The number of rotatable bonds is 28. The summed E-state index contributed by atoms with van der Waals surface area (Å²) in [7, 11) is 0. The summed E-state index contributed by atoms with van der Waals surface area (Å²) in [6.07, 6.45) is 19.4. The van der Waals surface area contributed by atoms with Gasteiger partial charge in [-0.2, -0.15) is 0 Å². The van der Waals surface area contributed by atoms with E-state index in [2.05, 4.69) is 49.2 Å². The molecule has 2 amide bonds. The van der Waals surface area contributed by atoms with Gasteiger partial charge in [-0.25, -0.2) is 9.59 Å². The first-order chi connectivity index (χ1) is 34.0. The van der Waals surface area contributed by atoms with Gasteiger partial charge in [0.25, 0.3) is 0 Å². The molecule has 0 aromatic heterocycles. The lowest BCUT2D eigenvalue weighted by Gasteiger charge is -2.60. The quantitative estimate of drug-likeness (QED) is 0.0367. The number of oxime groups is 1. The van der Waals surface area contributed by atoms with E-state index in [1.165, 1.54) is 44.9 Å². The van der Waals surface area contributed by atoms with E-state index in [4.69, 9.17) is 28.9 Å². The standard InChI is InChI=1S/C58H83N3O9/c1-7-10-11-12-13-14-15-16-17-24-37-66-56(65)61(41-44-29-25-28-42-26-18-19-30-46(42)44)52-40-50(60-70-57(4,5)6)48-38-43(27-20-22-34-62)47(31-21-23-35-63)53-49-39-45(68-55(64)59-9-3)32-33-51(49)69-58(52,54(48)53)67-36-8-2/h8,18-19,25-26,28-30,32-33,38-39,43,47,52-54,62-63H,2,7,9-17,20-24,27,31,34-37,40-41H2,1,3-6H3,(H,59,64). The van der Waals surface area contributed by atoms with Crippen LogP contribution in [0.3, 0.4) is 0 Å². The molecule has 6 rings (SSSR count). The molecule has 3 N–H and O–H groups in total. The number of amides is 2. The summed E-state index contributed by atoms with van der Waals surface area (Å²) in [6.45, 7) is 15.3. The SMILES string of the molecule is C=CCOC12Oc3ccc(OC(=O)NCC)cc3C3C(CCCCO)C(CCCCO)C=C(C(=NOC(C)(C)C)CC1N(Cc1cccc4ccccc14)C(=O)OCCCCCCCCCCCC)C32. The van der Waals surface area contributed by atoms with Crippen LogP contribution >= 0.6 is 0 Å². The number of ether oxygens (including phenoxy) is 4. The summed E-state index contributed by atoms with van der Waals surface area (Å²) in [4.78, 5) is 36.3. The maximum absolute atomic E-state index is 15.3. The van der Waals surface area contributed by atoms with E-state index in [1.807, 2.05) is 62.9 Å². The summed E-state index contributed by atoms with van der Waals surface area (Å²) >= 11 is 0. The molecule has 6 atom stereocenters. The Morgan fingerprint density at radius 3 is 2.29 bits per heavy atom. The highest BCUT2D eigenvalue weighted by Gasteiger charge is 2.66. The van der Waals surface area contributed by atoms with Gasteiger partial charge in [0.2, 0.25) is 5.79 Å². The molecule has 3 aromatic carbocycles. The molecule has 12 heteroatoms. The van der Waals surface area contributed by atoms with Gasteiger partial charge >= 0.3 is 12.2 Å². The van der Waals surface area contributed by atoms with Crippen molar-refractivity contribution in [1.29, 1.82) is 0 Å². The Balaban J connectivity index is 1.50.